The fourth-order valence-electron chi connectivity index (χ4n) is 2.22. The Bertz CT molecular complexity index is 548. The molecule has 1 aromatic heterocycles. The van der Waals surface area contributed by atoms with E-state index in [1.807, 2.05) is 18.3 Å². The van der Waals surface area contributed by atoms with Gasteiger partial charge in [0.05, 0.1) is 5.69 Å². The van der Waals surface area contributed by atoms with Crippen LogP contribution < -0.4 is 10.1 Å². The highest BCUT2D eigenvalue weighted by Crippen LogP contribution is 2.30. The standard InChI is InChI=1S/C14H16N2O.2ClH/c1-2-11-8-15-9-13-14(17-11)12-6-4-3-5-10(12)7-16-13;;/h3-7,11,15H,2,8-9H2,1H3;2*1H/t11-;;/m0../s1. The molecule has 2 aromatic rings. The summed E-state index contributed by atoms with van der Waals surface area (Å²) in [6.07, 6.45) is 3.17. The molecule has 1 aliphatic heterocycles. The monoisotopic (exact) mass is 300 g/mol. The predicted octanol–water partition coefficient (Wildman–Crippen LogP) is 3.34. The highest BCUT2D eigenvalue weighted by Gasteiger charge is 2.18. The Kier molecular flexibility index (Phi) is 5.85. The molecule has 0 unspecified atom stereocenters. The maximum absolute atomic E-state index is 6.09. The van der Waals surface area contributed by atoms with Crippen LogP contribution in [0.3, 0.4) is 0 Å². The molecule has 1 N–H and O–H groups in total. The van der Waals surface area contributed by atoms with E-state index in [-0.39, 0.29) is 30.9 Å². The molecule has 0 saturated heterocycles. The number of rotatable bonds is 1. The Morgan fingerprint density at radius 3 is 2.89 bits per heavy atom. The van der Waals surface area contributed by atoms with Crippen LogP contribution in [0.25, 0.3) is 10.8 Å². The number of hydrogen-bond donors (Lipinski definition) is 1. The molecule has 0 radical (unpaired) electrons. The van der Waals surface area contributed by atoms with Crippen molar-refractivity contribution < 1.29 is 4.74 Å². The van der Waals surface area contributed by atoms with Gasteiger partial charge in [0.1, 0.15) is 11.9 Å². The summed E-state index contributed by atoms with van der Waals surface area (Å²) >= 11 is 0. The van der Waals surface area contributed by atoms with Crippen LogP contribution in [0, 0.1) is 0 Å². The minimum Gasteiger partial charge on any atom is -0.486 e. The fraction of sp³-hybridized carbons (Fsp3) is 0.357. The first-order chi connectivity index (χ1) is 8.38. The number of ether oxygens (including phenoxy) is 1. The maximum Gasteiger partial charge on any atom is 0.150 e. The van der Waals surface area contributed by atoms with Crippen LogP contribution in [-0.2, 0) is 6.54 Å². The van der Waals surface area contributed by atoms with Gasteiger partial charge >= 0.3 is 0 Å². The van der Waals surface area contributed by atoms with Gasteiger partial charge in [-0.05, 0) is 6.42 Å². The molecule has 0 saturated carbocycles. The van der Waals surface area contributed by atoms with Crippen LogP contribution in [-0.4, -0.2) is 17.6 Å². The van der Waals surface area contributed by atoms with Crippen molar-refractivity contribution >= 4 is 35.6 Å². The first-order valence-electron chi connectivity index (χ1n) is 6.12. The van der Waals surface area contributed by atoms with Crippen molar-refractivity contribution in [3.8, 4) is 5.75 Å². The number of hydrogen-bond acceptors (Lipinski definition) is 3. The predicted molar refractivity (Wildman–Crippen MR) is 82.7 cm³/mol. The first-order valence-corrected chi connectivity index (χ1v) is 6.12. The molecule has 0 amide bonds. The molecule has 0 fully saturated rings. The quantitative estimate of drug-likeness (QED) is 0.877. The van der Waals surface area contributed by atoms with Gasteiger partial charge in [0.25, 0.3) is 0 Å². The van der Waals surface area contributed by atoms with E-state index in [0.29, 0.717) is 0 Å². The van der Waals surface area contributed by atoms with E-state index in [2.05, 4.69) is 29.4 Å². The molecule has 0 bridgehead atoms. The van der Waals surface area contributed by atoms with Crippen molar-refractivity contribution in [1.82, 2.24) is 10.3 Å². The van der Waals surface area contributed by atoms with Crippen LogP contribution >= 0.6 is 24.8 Å². The van der Waals surface area contributed by atoms with Gasteiger partial charge in [-0.2, -0.15) is 0 Å². The van der Waals surface area contributed by atoms with Gasteiger partial charge in [-0.15, -0.1) is 24.8 Å². The van der Waals surface area contributed by atoms with Crippen LogP contribution in [0.1, 0.15) is 19.0 Å². The van der Waals surface area contributed by atoms with E-state index >= 15 is 0 Å². The maximum atomic E-state index is 6.09. The van der Waals surface area contributed by atoms with Crippen LogP contribution in [0.15, 0.2) is 30.5 Å². The fourth-order valence-corrected chi connectivity index (χ4v) is 2.22. The SMILES string of the molecule is CC[C@H]1CNCc2ncc3ccccc3c2O1.Cl.Cl. The number of halogens is 2. The molecule has 3 nitrogen and oxygen atoms in total. The summed E-state index contributed by atoms with van der Waals surface area (Å²) in [5.74, 6) is 0.958. The van der Waals surface area contributed by atoms with Crippen molar-refractivity contribution in [2.24, 2.45) is 0 Å². The summed E-state index contributed by atoms with van der Waals surface area (Å²) < 4.78 is 6.09. The lowest BCUT2D eigenvalue weighted by molar-refractivity contribution is 0.204. The molecule has 104 valence electrons. The lowest BCUT2D eigenvalue weighted by Crippen LogP contribution is -2.27. The van der Waals surface area contributed by atoms with E-state index in [1.54, 1.807) is 0 Å². The molecule has 1 aromatic carbocycles. The Morgan fingerprint density at radius 2 is 2.11 bits per heavy atom. The highest BCUT2D eigenvalue weighted by atomic mass is 35.5. The lowest BCUT2D eigenvalue weighted by Gasteiger charge is -2.16. The topological polar surface area (TPSA) is 34.2 Å². The van der Waals surface area contributed by atoms with Crippen LogP contribution in [0.5, 0.6) is 5.75 Å². The van der Waals surface area contributed by atoms with E-state index in [0.717, 1.165) is 36.3 Å². The smallest absolute Gasteiger partial charge is 0.150 e. The van der Waals surface area contributed by atoms with Gasteiger partial charge in [-0.1, -0.05) is 31.2 Å². The van der Waals surface area contributed by atoms with Crippen molar-refractivity contribution in [3.05, 3.63) is 36.2 Å². The Morgan fingerprint density at radius 1 is 1.32 bits per heavy atom. The minimum absolute atomic E-state index is 0. The Hall–Kier alpha value is -1.03. The molecule has 19 heavy (non-hydrogen) atoms. The molecule has 3 rings (SSSR count). The highest BCUT2D eigenvalue weighted by molar-refractivity contribution is 5.88. The molecule has 0 aliphatic carbocycles. The van der Waals surface area contributed by atoms with E-state index in [4.69, 9.17) is 4.74 Å². The number of fused-ring (bicyclic) bond motifs is 3. The summed E-state index contributed by atoms with van der Waals surface area (Å²) in [6, 6.07) is 8.26. The molecule has 5 heteroatoms. The zero-order chi connectivity index (χ0) is 11.7. The molecular formula is C14H18Cl2N2O. The summed E-state index contributed by atoms with van der Waals surface area (Å²) in [5.41, 5.74) is 1.01. The summed E-state index contributed by atoms with van der Waals surface area (Å²) in [4.78, 5) is 4.49. The van der Waals surface area contributed by atoms with Gasteiger partial charge < -0.3 is 10.1 Å². The number of benzene rings is 1. The number of pyridine rings is 1. The third kappa shape index (κ3) is 3.11. The van der Waals surface area contributed by atoms with Gasteiger partial charge in [-0.25, -0.2) is 0 Å². The van der Waals surface area contributed by atoms with Crippen molar-refractivity contribution in [2.45, 2.75) is 26.0 Å². The van der Waals surface area contributed by atoms with Crippen LogP contribution in [0.2, 0.25) is 0 Å². The second-order valence-corrected chi connectivity index (χ2v) is 4.40. The van der Waals surface area contributed by atoms with Gasteiger partial charge in [0.2, 0.25) is 0 Å². The second kappa shape index (κ2) is 6.94. The first kappa shape index (κ1) is 16.0. The summed E-state index contributed by atoms with van der Waals surface area (Å²) in [6.45, 7) is 3.83. The summed E-state index contributed by atoms with van der Waals surface area (Å²) in [5, 5.41) is 5.69. The van der Waals surface area contributed by atoms with Crippen molar-refractivity contribution in [1.29, 1.82) is 0 Å². The largest absolute Gasteiger partial charge is 0.486 e. The number of nitrogens with zero attached hydrogens (tertiary/aromatic N) is 1. The third-order valence-corrected chi connectivity index (χ3v) is 3.23. The van der Waals surface area contributed by atoms with Gasteiger partial charge in [0, 0.05) is 30.1 Å². The molecule has 0 spiro atoms. The van der Waals surface area contributed by atoms with E-state index in [1.165, 1.54) is 5.39 Å². The summed E-state index contributed by atoms with van der Waals surface area (Å²) in [7, 11) is 0. The minimum atomic E-state index is 0. The Balaban J connectivity index is 0.000000902. The number of nitrogens with one attached hydrogen (secondary N) is 1. The second-order valence-electron chi connectivity index (χ2n) is 4.40. The van der Waals surface area contributed by atoms with E-state index in [9.17, 15) is 0 Å². The van der Waals surface area contributed by atoms with Gasteiger partial charge in [0.15, 0.2) is 0 Å². The lowest BCUT2D eigenvalue weighted by atomic mass is 10.1. The molecule has 1 aliphatic rings. The zero-order valence-electron chi connectivity index (χ0n) is 10.8. The van der Waals surface area contributed by atoms with Crippen molar-refractivity contribution in [3.63, 3.8) is 0 Å². The Labute approximate surface area is 125 Å². The van der Waals surface area contributed by atoms with Gasteiger partial charge in [-0.3, -0.25) is 4.98 Å². The average molecular weight is 301 g/mol. The van der Waals surface area contributed by atoms with Crippen LogP contribution in [0.4, 0.5) is 0 Å². The zero-order valence-corrected chi connectivity index (χ0v) is 12.4. The molecule has 2 heterocycles. The van der Waals surface area contributed by atoms with E-state index < -0.39 is 0 Å². The average Bonchev–Trinajstić information content (AvgIpc) is 2.60. The molecule has 1 atom stereocenters. The number of aromatic nitrogens is 1. The molecular weight excluding hydrogens is 283 g/mol. The third-order valence-electron chi connectivity index (χ3n) is 3.23. The normalized spacial score (nSPS) is 17.4. The van der Waals surface area contributed by atoms with Crippen molar-refractivity contribution in [2.75, 3.05) is 6.54 Å².